The molecule has 0 radical (unpaired) electrons. The molecule has 0 aliphatic rings. The molecule has 21 heavy (non-hydrogen) atoms. The van der Waals surface area contributed by atoms with Gasteiger partial charge in [-0.1, -0.05) is 17.7 Å². The van der Waals surface area contributed by atoms with Gasteiger partial charge < -0.3 is 5.32 Å². The molecule has 0 aliphatic carbocycles. The van der Waals surface area contributed by atoms with Gasteiger partial charge in [-0.15, -0.1) is 0 Å². The first kappa shape index (κ1) is 13.2. The molecule has 4 nitrogen and oxygen atoms in total. The Morgan fingerprint density at radius 1 is 0.857 bits per heavy atom. The number of nitrogens with one attached hydrogen (secondary N) is 1. The van der Waals surface area contributed by atoms with E-state index < -0.39 is 0 Å². The second-order valence-electron chi connectivity index (χ2n) is 4.94. The molecule has 1 N–H and O–H groups in total. The highest BCUT2D eigenvalue weighted by Gasteiger charge is 2.03. The normalized spacial score (nSPS) is 10.4. The largest absolute Gasteiger partial charge is 0.324 e. The Morgan fingerprint density at radius 2 is 1.67 bits per heavy atom. The summed E-state index contributed by atoms with van der Waals surface area (Å²) in [6.45, 7) is 4.03. The van der Waals surface area contributed by atoms with Crippen molar-refractivity contribution in [2.24, 2.45) is 0 Å². The number of aromatic nitrogens is 3. The molecule has 0 bridgehead atoms. The zero-order chi connectivity index (χ0) is 14.7. The molecule has 3 rings (SSSR count). The quantitative estimate of drug-likeness (QED) is 0.788. The maximum atomic E-state index is 4.53. The predicted octanol–water partition coefficient (Wildman–Crippen LogP) is 3.90. The van der Waals surface area contributed by atoms with Crippen molar-refractivity contribution in [3.63, 3.8) is 0 Å². The van der Waals surface area contributed by atoms with Gasteiger partial charge in [0.1, 0.15) is 0 Å². The molecule has 0 amide bonds. The van der Waals surface area contributed by atoms with E-state index in [0.29, 0.717) is 5.95 Å². The van der Waals surface area contributed by atoms with Crippen molar-refractivity contribution in [3.8, 4) is 11.3 Å². The van der Waals surface area contributed by atoms with Crippen LogP contribution in [0.25, 0.3) is 11.3 Å². The number of rotatable bonds is 3. The molecule has 0 aliphatic heterocycles. The summed E-state index contributed by atoms with van der Waals surface area (Å²) in [4.78, 5) is 13.1. The van der Waals surface area contributed by atoms with Gasteiger partial charge in [-0.25, -0.2) is 9.97 Å². The molecule has 0 spiro atoms. The average Bonchev–Trinajstić information content (AvgIpc) is 2.51. The van der Waals surface area contributed by atoms with E-state index >= 15 is 0 Å². The second-order valence-corrected chi connectivity index (χ2v) is 4.94. The van der Waals surface area contributed by atoms with Crippen LogP contribution in [0.2, 0.25) is 0 Å². The van der Waals surface area contributed by atoms with Crippen LogP contribution in [0.15, 0.2) is 54.9 Å². The molecule has 2 heterocycles. The number of nitrogens with zero attached hydrogens (tertiary/aromatic N) is 3. The predicted molar refractivity (Wildman–Crippen MR) is 84.5 cm³/mol. The summed E-state index contributed by atoms with van der Waals surface area (Å²) in [5.41, 5.74) is 5.02. The first-order valence-corrected chi connectivity index (χ1v) is 6.80. The van der Waals surface area contributed by atoms with E-state index in [2.05, 4.69) is 39.3 Å². The maximum absolute atomic E-state index is 4.53. The zero-order valence-electron chi connectivity index (χ0n) is 12.0. The fourth-order valence-electron chi connectivity index (χ4n) is 1.97. The monoisotopic (exact) mass is 276 g/mol. The number of benzene rings is 1. The lowest BCUT2D eigenvalue weighted by molar-refractivity contribution is 1.15. The molecule has 3 aromatic rings. The Labute approximate surface area is 123 Å². The fraction of sp³-hybridized carbons (Fsp3) is 0.118. The van der Waals surface area contributed by atoms with E-state index in [1.165, 1.54) is 5.56 Å². The van der Waals surface area contributed by atoms with Crippen molar-refractivity contribution in [2.75, 3.05) is 5.32 Å². The first-order valence-electron chi connectivity index (χ1n) is 6.80. The summed E-state index contributed by atoms with van der Waals surface area (Å²) in [6.07, 6.45) is 3.58. The van der Waals surface area contributed by atoms with Gasteiger partial charge in [0.05, 0.1) is 5.69 Å². The molecule has 0 atom stereocenters. The van der Waals surface area contributed by atoms with Gasteiger partial charge in [0.2, 0.25) is 5.95 Å². The van der Waals surface area contributed by atoms with Gasteiger partial charge in [-0.3, -0.25) is 4.98 Å². The van der Waals surface area contributed by atoms with Crippen LogP contribution in [-0.2, 0) is 0 Å². The highest BCUT2D eigenvalue weighted by Crippen LogP contribution is 2.19. The van der Waals surface area contributed by atoms with Gasteiger partial charge in [-0.2, -0.15) is 0 Å². The summed E-state index contributed by atoms with van der Waals surface area (Å²) in [7, 11) is 0. The van der Waals surface area contributed by atoms with Crippen molar-refractivity contribution in [2.45, 2.75) is 13.8 Å². The summed E-state index contributed by atoms with van der Waals surface area (Å²) < 4.78 is 0. The van der Waals surface area contributed by atoms with Gasteiger partial charge in [0.15, 0.2) is 0 Å². The fourth-order valence-corrected chi connectivity index (χ4v) is 1.97. The van der Waals surface area contributed by atoms with Crippen LogP contribution in [-0.4, -0.2) is 15.0 Å². The lowest BCUT2D eigenvalue weighted by atomic mass is 10.2. The molecule has 104 valence electrons. The molecule has 0 unspecified atom stereocenters. The minimum atomic E-state index is 0.580. The van der Waals surface area contributed by atoms with Crippen LogP contribution >= 0.6 is 0 Å². The van der Waals surface area contributed by atoms with Crippen LogP contribution in [0.1, 0.15) is 11.3 Å². The topological polar surface area (TPSA) is 50.7 Å². The Bertz CT molecular complexity index is 733. The van der Waals surface area contributed by atoms with Gasteiger partial charge in [0, 0.05) is 29.3 Å². The minimum Gasteiger partial charge on any atom is -0.324 e. The number of hydrogen-bond donors (Lipinski definition) is 1. The Kier molecular flexibility index (Phi) is 3.60. The van der Waals surface area contributed by atoms with Crippen molar-refractivity contribution in [1.29, 1.82) is 0 Å². The van der Waals surface area contributed by atoms with Crippen LogP contribution in [0.5, 0.6) is 0 Å². The van der Waals surface area contributed by atoms with E-state index in [9.17, 15) is 0 Å². The SMILES string of the molecule is Cc1ccc(Nc2nccc(-c3ccc(C)nc3)n2)cc1. The van der Waals surface area contributed by atoms with Crippen LogP contribution in [0, 0.1) is 13.8 Å². The van der Waals surface area contributed by atoms with Crippen LogP contribution < -0.4 is 5.32 Å². The maximum Gasteiger partial charge on any atom is 0.227 e. The summed E-state index contributed by atoms with van der Waals surface area (Å²) in [6, 6.07) is 14.0. The molecule has 0 saturated carbocycles. The Hall–Kier alpha value is -2.75. The molecule has 0 saturated heterocycles. The molecule has 2 aromatic heterocycles. The zero-order valence-corrected chi connectivity index (χ0v) is 12.0. The van der Waals surface area contributed by atoms with Gasteiger partial charge >= 0.3 is 0 Å². The van der Waals surface area contributed by atoms with Gasteiger partial charge in [0.25, 0.3) is 0 Å². The highest BCUT2D eigenvalue weighted by atomic mass is 15.1. The third-order valence-electron chi connectivity index (χ3n) is 3.17. The van der Waals surface area contributed by atoms with E-state index in [-0.39, 0.29) is 0 Å². The number of aryl methyl sites for hydroxylation is 2. The van der Waals surface area contributed by atoms with E-state index in [4.69, 9.17) is 0 Å². The third kappa shape index (κ3) is 3.23. The van der Waals surface area contributed by atoms with Crippen molar-refractivity contribution >= 4 is 11.6 Å². The summed E-state index contributed by atoms with van der Waals surface area (Å²) in [5, 5.41) is 3.21. The standard InChI is InChI=1S/C17H16N4/c1-12-3-7-15(8-4-12)20-17-18-10-9-16(21-17)14-6-5-13(2)19-11-14/h3-11H,1-2H3,(H,18,20,21). The summed E-state index contributed by atoms with van der Waals surface area (Å²) >= 11 is 0. The van der Waals surface area contributed by atoms with Gasteiger partial charge in [-0.05, 0) is 44.2 Å². The van der Waals surface area contributed by atoms with Crippen LogP contribution in [0.3, 0.4) is 0 Å². The number of anilines is 2. The average molecular weight is 276 g/mol. The third-order valence-corrected chi connectivity index (χ3v) is 3.17. The first-order chi connectivity index (χ1) is 10.2. The van der Waals surface area contributed by atoms with E-state index in [0.717, 1.165) is 22.6 Å². The van der Waals surface area contributed by atoms with E-state index in [1.54, 1.807) is 6.20 Å². The summed E-state index contributed by atoms with van der Waals surface area (Å²) in [5.74, 6) is 0.580. The lowest BCUT2D eigenvalue weighted by Crippen LogP contribution is -1.98. The Morgan fingerprint density at radius 3 is 2.38 bits per heavy atom. The molecule has 4 heteroatoms. The number of hydrogen-bond acceptors (Lipinski definition) is 4. The van der Waals surface area contributed by atoms with Crippen molar-refractivity contribution in [3.05, 3.63) is 66.1 Å². The highest BCUT2D eigenvalue weighted by molar-refractivity contribution is 5.61. The molecule has 0 fully saturated rings. The second kappa shape index (κ2) is 5.71. The Balaban J connectivity index is 1.86. The molecular weight excluding hydrogens is 260 g/mol. The van der Waals surface area contributed by atoms with E-state index in [1.807, 2.05) is 43.5 Å². The smallest absolute Gasteiger partial charge is 0.227 e. The lowest BCUT2D eigenvalue weighted by Gasteiger charge is -2.07. The van der Waals surface area contributed by atoms with Crippen LogP contribution in [0.4, 0.5) is 11.6 Å². The van der Waals surface area contributed by atoms with Crippen molar-refractivity contribution < 1.29 is 0 Å². The number of pyridine rings is 1. The minimum absolute atomic E-state index is 0.580. The molecule has 1 aromatic carbocycles. The molecular formula is C17H16N4. The van der Waals surface area contributed by atoms with Crippen molar-refractivity contribution in [1.82, 2.24) is 15.0 Å².